The van der Waals surface area contributed by atoms with Gasteiger partial charge in [0, 0.05) is 11.9 Å². The van der Waals surface area contributed by atoms with E-state index < -0.39 is 42.3 Å². The number of hydrogen-bond acceptors (Lipinski definition) is 8. The van der Waals surface area contributed by atoms with Crippen molar-refractivity contribution in [1.29, 1.82) is 0 Å². The van der Waals surface area contributed by atoms with E-state index >= 15 is 0 Å². The summed E-state index contributed by atoms with van der Waals surface area (Å²) in [4.78, 5) is 34.9. The van der Waals surface area contributed by atoms with Gasteiger partial charge in [-0.3, -0.25) is 4.52 Å². The Balaban J connectivity index is 2.60. The fraction of sp³-hybridized carbons (Fsp3) is 1.00. The maximum absolute atomic E-state index is 11.5. The van der Waals surface area contributed by atoms with Gasteiger partial charge in [-0.1, -0.05) is 6.92 Å². The van der Waals surface area contributed by atoms with Crippen LogP contribution in [0.25, 0.3) is 0 Å². The lowest BCUT2D eigenvalue weighted by Gasteiger charge is -2.19. The largest absolute Gasteiger partial charge is 0.490 e. The van der Waals surface area contributed by atoms with E-state index in [1.165, 1.54) is 0 Å². The Labute approximate surface area is 126 Å². The minimum absolute atomic E-state index is 0.269. The zero-order chi connectivity index (χ0) is 17.3. The van der Waals surface area contributed by atoms with Crippen molar-refractivity contribution in [3.63, 3.8) is 0 Å². The van der Waals surface area contributed by atoms with Crippen molar-refractivity contribution >= 4 is 31.3 Å². The summed E-state index contributed by atoms with van der Waals surface area (Å²) in [6, 6.07) is -0.343. The number of phosphoric acid groups is 3. The molecule has 0 amide bonds. The number of aliphatic hydroxyl groups excluding tert-OH is 1. The first-order valence-electron chi connectivity index (χ1n) is 5.84. The van der Waals surface area contributed by atoms with Crippen LogP contribution in [-0.4, -0.2) is 57.3 Å². The Kier molecular flexibility index (Phi) is 6.60. The van der Waals surface area contributed by atoms with Gasteiger partial charge in [0.15, 0.2) is 0 Å². The predicted octanol–water partition coefficient (Wildman–Crippen LogP) is -1.32. The zero-order valence-electron chi connectivity index (χ0n) is 11.5. The molecule has 0 radical (unpaired) electrons. The third kappa shape index (κ3) is 6.49. The molecule has 130 valence electrons. The highest BCUT2D eigenvalue weighted by atomic mass is 31.3. The summed E-state index contributed by atoms with van der Waals surface area (Å²) in [6.45, 7) is 1.03. The molecule has 0 spiro atoms. The monoisotopic (exact) mass is 384 g/mol. The van der Waals surface area contributed by atoms with Gasteiger partial charge < -0.3 is 29.4 Å². The smallest absolute Gasteiger partial charge is 0.390 e. The van der Waals surface area contributed by atoms with Crippen LogP contribution in [0, 0.1) is 5.92 Å². The second kappa shape index (κ2) is 7.10. The molecule has 0 aromatic rings. The molecule has 5 N–H and O–H groups in total. The maximum Gasteiger partial charge on any atom is 0.490 e. The van der Waals surface area contributed by atoms with Gasteiger partial charge in [-0.15, -0.1) is 0 Å². The van der Waals surface area contributed by atoms with Gasteiger partial charge in [-0.25, -0.2) is 13.7 Å². The molecule has 0 aliphatic carbocycles. The lowest BCUT2D eigenvalue weighted by molar-refractivity contribution is -0.00496. The van der Waals surface area contributed by atoms with Crippen LogP contribution >= 0.6 is 23.5 Å². The first kappa shape index (κ1) is 20.4. The molecule has 1 saturated heterocycles. The third-order valence-electron chi connectivity index (χ3n) is 2.87. The second-order valence-corrected chi connectivity index (χ2v) is 9.04. The fourth-order valence-electron chi connectivity index (χ4n) is 1.71. The average Bonchev–Trinajstić information content (AvgIpc) is 2.49. The van der Waals surface area contributed by atoms with Crippen LogP contribution < -0.4 is 0 Å². The van der Waals surface area contributed by atoms with Gasteiger partial charge in [0.1, 0.15) is 14.0 Å². The molecule has 0 bridgehead atoms. The van der Waals surface area contributed by atoms with E-state index in [0.29, 0.717) is 0 Å². The summed E-state index contributed by atoms with van der Waals surface area (Å²) in [7, 11) is -14.5. The molecule has 3 unspecified atom stereocenters. The number of phosphoric ester groups is 1. The van der Waals surface area contributed by atoms with E-state index in [-0.39, 0.29) is 11.9 Å². The summed E-state index contributed by atoms with van der Waals surface area (Å²) < 4.78 is 49.7. The highest BCUT2D eigenvalue weighted by Crippen LogP contribution is 2.66. The molecule has 12 nitrogen and oxygen atoms in total. The molecule has 6 atom stereocenters. The van der Waals surface area contributed by atoms with Gasteiger partial charge in [0.05, 0.1) is 12.7 Å². The zero-order valence-corrected chi connectivity index (χ0v) is 14.1. The van der Waals surface area contributed by atoms with Crippen molar-refractivity contribution < 1.29 is 56.3 Å². The van der Waals surface area contributed by atoms with Crippen molar-refractivity contribution in [3.05, 3.63) is 0 Å². The van der Waals surface area contributed by atoms with Crippen LogP contribution in [0.5, 0.6) is 0 Å². The van der Waals surface area contributed by atoms with Crippen LogP contribution in [-0.2, 0) is 31.6 Å². The van der Waals surface area contributed by atoms with E-state index in [0.717, 1.165) is 0 Å². The number of hydrogen-bond donors (Lipinski definition) is 5. The molecule has 1 heterocycles. The fourth-order valence-corrected chi connectivity index (χ4v) is 4.74. The first-order chi connectivity index (χ1) is 9.72. The van der Waals surface area contributed by atoms with Gasteiger partial charge in [0.2, 0.25) is 0 Å². The Hall–Kier alpha value is 0.395. The quantitative estimate of drug-likeness (QED) is 0.258. The Bertz CT molecular complexity index is 533. The molecule has 16 heteroatoms. The van der Waals surface area contributed by atoms with Crippen molar-refractivity contribution in [3.8, 4) is 0 Å². The predicted molar refractivity (Wildman–Crippen MR) is 72.2 cm³/mol. The standard InChI is InChI=1S/C6H16BO12P3/c1-3-5(8)4(17-6(3)7)2-16-21(12,13)19-22(14,15)18-20(9,10)11/h3-6,8H,2,7H2,1H3,(H,12,13)(H,14,15)(H2,9,10,11)/t3?,4-,5-,6-/m1/s1. The Morgan fingerprint density at radius 1 is 1.09 bits per heavy atom. The van der Waals surface area contributed by atoms with Gasteiger partial charge in [-0.2, -0.15) is 8.62 Å². The topological polar surface area (TPSA) is 189 Å². The molecule has 1 aliphatic heterocycles. The molecule has 0 saturated carbocycles. The highest BCUT2D eigenvalue weighted by molar-refractivity contribution is 7.66. The van der Waals surface area contributed by atoms with Crippen molar-refractivity contribution in [2.45, 2.75) is 25.1 Å². The number of aliphatic hydroxyl groups is 1. The van der Waals surface area contributed by atoms with E-state index in [1.54, 1.807) is 14.8 Å². The second-order valence-electron chi connectivity index (χ2n) is 4.62. The van der Waals surface area contributed by atoms with E-state index in [2.05, 4.69) is 13.1 Å². The van der Waals surface area contributed by atoms with Gasteiger partial charge >= 0.3 is 23.5 Å². The van der Waals surface area contributed by atoms with Crippen LogP contribution in [0.3, 0.4) is 0 Å². The maximum atomic E-state index is 11.5. The van der Waals surface area contributed by atoms with Crippen LogP contribution in [0.1, 0.15) is 6.92 Å². The lowest BCUT2D eigenvalue weighted by Crippen LogP contribution is -2.29. The molecular weight excluding hydrogens is 368 g/mol. The summed E-state index contributed by atoms with van der Waals surface area (Å²) in [5.41, 5.74) is 0. The number of ether oxygens (including phenoxy) is 1. The van der Waals surface area contributed by atoms with Crippen molar-refractivity contribution in [2.24, 2.45) is 5.92 Å². The molecule has 1 fully saturated rings. The van der Waals surface area contributed by atoms with Crippen molar-refractivity contribution in [1.82, 2.24) is 0 Å². The summed E-state index contributed by atoms with van der Waals surface area (Å²) >= 11 is 0. The van der Waals surface area contributed by atoms with E-state index in [9.17, 15) is 23.7 Å². The van der Waals surface area contributed by atoms with E-state index in [4.69, 9.17) is 19.4 Å². The Morgan fingerprint density at radius 3 is 2.05 bits per heavy atom. The Morgan fingerprint density at radius 2 is 1.64 bits per heavy atom. The molecule has 0 aromatic heterocycles. The summed E-state index contributed by atoms with van der Waals surface area (Å²) in [5, 5.41) is 9.76. The molecule has 0 aromatic carbocycles. The molecular formula is C6H16BO12P3. The normalized spacial score (nSPS) is 35.0. The minimum atomic E-state index is -5.54. The number of rotatable bonds is 7. The van der Waals surface area contributed by atoms with Crippen LogP contribution in [0.15, 0.2) is 0 Å². The highest BCUT2D eigenvalue weighted by Gasteiger charge is 2.43. The molecule has 22 heavy (non-hydrogen) atoms. The SMILES string of the molecule is B[C@@H]1O[C@H](COP(=O)(O)OP(=O)(O)OP(=O)(O)O)[C@H](O)C1C. The third-order valence-corrected chi connectivity index (χ3v) is 6.67. The first-order valence-corrected chi connectivity index (χ1v) is 10.4. The van der Waals surface area contributed by atoms with Crippen molar-refractivity contribution in [2.75, 3.05) is 6.61 Å². The van der Waals surface area contributed by atoms with Crippen LogP contribution in [0.4, 0.5) is 0 Å². The summed E-state index contributed by atoms with van der Waals surface area (Å²) in [5.74, 6) is -0.269. The molecule has 1 rings (SSSR count). The average molecular weight is 384 g/mol. The summed E-state index contributed by atoms with van der Waals surface area (Å²) in [6.07, 6.45) is -1.97. The molecule has 1 aliphatic rings. The minimum Gasteiger partial charge on any atom is -0.390 e. The lowest BCUT2D eigenvalue weighted by atomic mass is 9.86. The van der Waals surface area contributed by atoms with Crippen LogP contribution in [0.2, 0.25) is 0 Å². The van der Waals surface area contributed by atoms with E-state index in [1.807, 2.05) is 0 Å². The van der Waals surface area contributed by atoms with Gasteiger partial charge in [0.25, 0.3) is 0 Å². The van der Waals surface area contributed by atoms with Gasteiger partial charge in [-0.05, 0) is 0 Å².